The summed E-state index contributed by atoms with van der Waals surface area (Å²) < 4.78 is 8.18. The lowest BCUT2D eigenvalue weighted by atomic mass is 9.74. The molecule has 0 amide bonds. The van der Waals surface area contributed by atoms with Gasteiger partial charge in [0, 0.05) is 7.11 Å². The van der Waals surface area contributed by atoms with Crippen molar-refractivity contribution in [2.75, 3.05) is 13.7 Å². The third-order valence-electron chi connectivity index (χ3n) is 4.92. The molecule has 1 aliphatic rings. The minimum atomic E-state index is 0.0619. The van der Waals surface area contributed by atoms with E-state index in [0.29, 0.717) is 12.5 Å². The van der Waals surface area contributed by atoms with Crippen molar-refractivity contribution in [1.29, 1.82) is 0 Å². The Morgan fingerprint density at radius 3 is 2.52 bits per heavy atom. The Labute approximate surface area is 136 Å². The average Bonchev–Trinajstić information content (AvgIpc) is 2.85. The van der Waals surface area contributed by atoms with Crippen molar-refractivity contribution in [1.82, 2.24) is 9.78 Å². The third kappa shape index (κ3) is 4.08. The Balaban J connectivity index is 2.03. The first-order valence-electron chi connectivity index (χ1n) is 8.00. The molecule has 5 heteroatoms. The summed E-state index contributed by atoms with van der Waals surface area (Å²) in [7, 11) is 1.71. The molecule has 1 aliphatic carbocycles. The van der Waals surface area contributed by atoms with Crippen LogP contribution in [0.5, 0.6) is 0 Å². The van der Waals surface area contributed by atoms with Crippen LogP contribution in [0.25, 0.3) is 0 Å². The van der Waals surface area contributed by atoms with Gasteiger partial charge in [0.15, 0.2) is 0 Å². The lowest BCUT2D eigenvalue weighted by Crippen LogP contribution is -2.29. The van der Waals surface area contributed by atoms with E-state index < -0.39 is 0 Å². The molecular weight excluding hydrogens is 330 g/mol. The molecule has 21 heavy (non-hydrogen) atoms. The van der Waals surface area contributed by atoms with E-state index in [2.05, 4.69) is 34.9 Å². The van der Waals surface area contributed by atoms with E-state index in [9.17, 15) is 0 Å². The van der Waals surface area contributed by atoms with Gasteiger partial charge in [-0.1, -0.05) is 13.8 Å². The molecule has 1 fully saturated rings. The number of nitrogens with zero attached hydrogens (tertiary/aromatic N) is 2. The Morgan fingerprint density at radius 1 is 1.33 bits per heavy atom. The molecule has 0 spiro atoms. The predicted molar refractivity (Wildman–Crippen MR) is 89.0 cm³/mol. The van der Waals surface area contributed by atoms with Crippen LogP contribution in [0, 0.1) is 17.8 Å². The van der Waals surface area contributed by atoms with Gasteiger partial charge in [0.05, 0.1) is 35.6 Å². The zero-order valence-corrected chi connectivity index (χ0v) is 15.0. The molecule has 1 unspecified atom stereocenters. The van der Waals surface area contributed by atoms with Gasteiger partial charge in [-0.2, -0.15) is 5.10 Å². The van der Waals surface area contributed by atoms with Gasteiger partial charge in [-0.05, 0) is 59.4 Å². The topological polar surface area (TPSA) is 53.1 Å². The van der Waals surface area contributed by atoms with Crippen molar-refractivity contribution in [3.8, 4) is 0 Å². The van der Waals surface area contributed by atoms with Crippen LogP contribution in [-0.4, -0.2) is 23.5 Å². The number of hydrogen-bond donors (Lipinski definition) is 1. The molecule has 0 aromatic carbocycles. The van der Waals surface area contributed by atoms with Crippen LogP contribution in [0.4, 0.5) is 0 Å². The van der Waals surface area contributed by atoms with Crippen LogP contribution in [0.1, 0.15) is 51.3 Å². The van der Waals surface area contributed by atoms with Gasteiger partial charge in [0.2, 0.25) is 0 Å². The minimum absolute atomic E-state index is 0.0619. The van der Waals surface area contributed by atoms with Crippen molar-refractivity contribution in [2.45, 2.75) is 52.1 Å². The summed E-state index contributed by atoms with van der Waals surface area (Å²) in [6.07, 6.45) is 6.92. The van der Waals surface area contributed by atoms with E-state index >= 15 is 0 Å². The molecule has 0 bridgehead atoms. The third-order valence-corrected chi connectivity index (χ3v) is 5.53. The Morgan fingerprint density at radius 2 is 1.95 bits per heavy atom. The standard InChI is InChI=1S/C16H28BrN3O/c1-11(2)12-4-6-13(7-5-12)15(18)16-14(17)10-19-20(16)8-9-21-3/h10-13,15H,4-9,18H2,1-3H3. The molecule has 1 aromatic heterocycles. The zero-order chi connectivity index (χ0) is 15.4. The van der Waals surface area contributed by atoms with E-state index in [4.69, 9.17) is 10.5 Å². The second-order valence-corrected chi connectivity index (χ2v) is 7.39. The molecule has 1 aromatic rings. The van der Waals surface area contributed by atoms with E-state index in [1.54, 1.807) is 7.11 Å². The summed E-state index contributed by atoms with van der Waals surface area (Å²) >= 11 is 3.61. The largest absolute Gasteiger partial charge is 0.383 e. The van der Waals surface area contributed by atoms with Gasteiger partial charge in [-0.15, -0.1) is 0 Å². The summed E-state index contributed by atoms with van der Waals surface area (Å²) in [4.78, 5) is 0. The number of ether oxygens (including phenoxy) is 1. The molecule has 1 heterocycles. The van der Waals surface area contributed by atoms with E-state index in [1.807, 2.05) is 10.9 Å². The van der Waals surface area contributed by atoms with Crippen LogP contribution in [0.15, 0.2) is 10.7 Å². The number of halogens is 1. The summed E-state index contributed by atoms with van der Waals surface area (Å²) in [5.74, 6) is 2.23. The smallest absolute Gasteiger partial charge is 0.0697 e. The highest BCUT2D eigenvalue weighted by molar-refractivity contribution is 9.10. The number of hydrogen-bond acceptors (Lipinski definition) is 3. The molecule has 4 nitrogen and oxygen atoms in total. The summed E-state index contributed by atoms with van der Waals surface area (Å²) in [6, 6.07) is 0.0619. The highest BCUT2D eigenvalue weighted by Crippen LogP contribution is 2.39. The van der Waals surface area contributed by atoms with Crippen molar-refractivity contribution in [3.63, 3.8) is 0 Å². The molecule has 2 N–H and O–H groups in total. The van der Waals surface area contributed by atoms with Gasteiger partial charge >= 0.3 is 0 Å². The van der Waals surface area contributed by atoms with Crippen molar-refractivity contribution < 1.29 is 4.74 Å². The lowest BCUT2D eigenvalue weighted by molar-refractivity contribution is 0.176. The maximum absolute atomic E-state index is 6.58. The Hall–Kier alpha value is -0.390. The quantitative estimate of drug-likeness (QED) is 0.843. The Bertz CT molecular complexity index is 439. The second-order valence-electron chi connectivity index (χ2n) is 6.54. The molecule has 0 saturated heterocycles. The molecule has 0 radical (unpaired) electrons. The predicted octanol–water partition coefficient (Wildman–Crippen LogP) is 3.75. The molecular formula is C16H28BrN3O. The highest BCUT2D eigenvalue weighted by atomic mass is 79.9. The van der Waals surface area contributed by atoms with E-state index in [-0.39, 0.29) is 6.04 Å². The van der Waals surface area contributed by atoms with E-state index in [1.165, 1.54) is 25.7 Å². The number of methoxy groups -OCH3 is 1. The SMILES string of the molecule is COCCn1ncc(Br)c1C(N)C1CCC(C(C)C)CC1. The number of aromatic nitrogens is 2. The zero-order valence-electron chi connectivity index (χ0n) is 13.4. The monoisotopic (exact) mass is 357 g/mol. The minimum Gasteiger partial charge on any atom is -0.383 e. The van der Waals surface area contributed by atoms with Gasteiger partial charge in [0.25, 0.3) is 0 Å². The summed E-state index contributed by atoms with van der Waals surface area (Å²) in [5, 5.41) is 4.42. The van der Waals surface area contributed by atoms with Gasteiger partial charge in [-0.3, -0.25) is 4.68 Å². The average molecular weight is 358 g/mol. The maximum Gasteiger partial charge on any atom is 0.0697 e. The van der Waals surface area contributed by atoms with Crippen LogP contribution >= 0.6 is 15.9 Å². The Kier molecular flexibility index (Phi) is 6.26. The first kappa shape index (κ1) is 17.0. The van der Waals surface area contributed by atoms with Crippen LogP contribution in [0.3, 0.4) is 0 Å². The van der Waals surface area contributed by atoms with Crippen molar-refractivity contribution in [3.05, 3.63) is 16.4 Å². The molecule has 0 aliphatic heterocycles. The maximum atomic E-state index is 6.58. The van der Waals surface area contributed by atoms with Crippen LogP contribution in [0.2, 0.25) is 0 Å². The fraction of sp³-hybridized carbons (Fsp3) is 0.812. The van der Waals surface area contributed by atoms with Gasteiger partial charge < -0.3 is 10.5 Å². The molecule has 1 saturated carbocycles. The normalized spacial score (nSPS) is 24.5. The summed E-state index contributed by atoms with van der Waals surface area (Å²) in [5.41, 5.74) is 7.70. The number of nitrogens with two attached hydrogens (primary N) is 1. The van der Waals surface area contributed by atoms with Crippen molar-refractivity contribution >= 4 is 15.9 Å². The van der Waals surface area contributed by atoms with Crippen LogP contribution in [-0.2, 0) is 11.3 Å². The molecule has 120 valence electrons. The summed E-state index contributed by atoms with van der Waals surface area (Å²) in [6.45, 7) is 6.09. The van der Waals surface area contributed by atoms with Gasteiger partial charge in [0.1, 0.15) is 0 Å². The highest BCUT2D eigenvalue weighted by Gasteiger charge is 2.30. The first-order valence-corrected chi connectivity index (χ1v) is 8.79. The first-order chi connectivity index (χ1) is 10.0. The van der Waals surface area contributed by atoms with E-state index in [0.717, 1.165) is 28.5 Å². The van der Waals surface area contributed by atoms with Crippen molar-refractivity contribution in [2.24, 2.45) is 23.5 Å². The van der Waals surface area contributed by atoms with Crippen LogP contribution < -0.4 is 5.73 Å². The lowest BCUT2D eigenvalue weighted by Gasteiger charge is -2.34. The second kappa shape index (κ2) is 7.75. The molecule has 1 atom stereocenters. The van der Waals surface area contributed by atoms with Gasteiger partial charge in [-0.25, -0.2) is 0 Å². The number of rotatable bonds is 6. The molecule has 2 rings (SSSR count). The fourth-order valence-corrected chi connectivity index (χ4v) is 4.01. The fourth-order valence-electron chi connectivity index (χ4n) is 3.45.